The number of likely N-dealkylation sites (N-methyl/N-ethyl adjacent to an activating group) is 1. The van der Waals surface area contributed by atoms with Gasteiger partial charge < -0.3 is 9.84 Å². The minimum atomic E-state index is 0.314. The number of aryl methyl sites for hydroxylation is 1. The van der Waals surface area contributed by atoms with Gasteiger partial charge in [-0.3, -0.25) is 4.98 Å². The summed E-state index contributed by atoms with van der Waals surface area (Å²) in [7, 11) is 1.91. The third-order valence-corrected chi connectivity index (χ3v) is 2.59. The van der Waals surface area contributed by atoms with Crippen LogP contribution in [0.5, 0.6) is 0 Å². The molecular weight excluding hydrogens is 216 g/mol. The largest absolute Gasteiger partial charge is 0.339 e. The highest BCUT2D eigenvalue weighted by Crippen LogP contribution is 2.14. The van der Waals surface area contributed by atoms with Crippen LogP contribution in [-0.2, 0) is 6.42 Å². The van der Waals surface area contributed by atoms with Crippen molar-refractivity contribution in [2.45, 2.75) is 26.3 Å². The molecule has 0 amide bonds. The standard InChI is InChI=1S/C12H16N4O/c1-8-4-5-14-10(6-8)12-15-11(17-16-12)7-9(2)13-3/h4-6,9,13H,7H2,1-3H3. The van der Waals surface area contributed by atoms with Gasteiger partial charge in [-0.25, -0.2) is 0 Å². The molecule has 5 heteroatoms. The molecule has 2 aromatic rings. The normalized spacial score (nSPS) is 12.6. The Bertz CT molecular complexity index is 495. The van der Waals surface area contributed by atoms with Crippen molar-refractivity contribution >= 4 is 0 Å². The number of pyridine rings is 1. The lowest BCUT2D eigenvalue weighted by atomic mass is 10.2. The first kappa shape index (κ1) is 11.7. The smallest absolute Gasteiger partial charge is 0.228 e. The first-order valence-corrected chi connectivity index (χ1v) is 5.62. The Kier molecular flexibility index (Phi) is 3.49. The zero-order valence-corrected chi connectivity index (χ0v) is 10.3. The fourth-order valence-electron chi connectivity index (χ4n) is 1.46. The summed E-state index contributed by atoms with van der Waals surface area (Å²) in [5.41, 5.74) is 1.88. The fraction of sp³-hybridized carbons (Fsp3) is 0.417. The van der Waals surface area contributed by atoms with Gasteiger partial charge in [0.2, 0.25) is 11.7 Å². The number of aromatic nitrogens is 3. The third-order valence-electron chi connectivity index (χ3n) is 2.59. The topological polar surface area (TPSA) is 63.8 Å². The number of rotatable bonds is 4. The van der Waals surface area contributed by atoms with Crippen molar-refractivity contribution in [1.29, 1.82) is 0 Å². The molecule has 0 bridgehead atoms. The lowest BCUT2D eigenvalue weighted by Gasteiger charge is -2.04. The molecule has 0 saturated carbocycles. The van der Waals surface area contributed by atoms with Crippen molar-refractivity contribution in [1.82, 2.24) is 20.4 Å². The molecule has 0 aromatic carbocycles. The monoisotopic (exact) mass is 232 g/mol. The second-order valence-corrected chi connectivity index (χ2v) is 4.12. The number of nitrogens with one attached hydrogen (secondary N) is 1. The van der Waals surface area contributed by atoms with Crippen LogP contribution in [0.2, 0.25) is 0 Å². The molecule has 0 fully saturated rings. The Morgan fingerprint density at radius 1 is 1.47 bits per heavy atom. The van der Waals surface area contributed by atoms with Crippen molar-refractivity contribution in [3.05, 3.63) is 29.8 Å². The van der Waals surface area contributed by atoms with E-state index in [4.69, 9.17) is 4.52 Å². The van der Waals surface area contributed by atoms with Crippen LogP contribution in [-0.4, -0.2) is 28.2 Å². The van der Waals surface area contributed by atoms with Gasteiger partial charge >= 0.3 is 0 Å². The van der Waals surface area contributed by atoms with E-state index in [2.05, 4.69) is 27.4 Å². The summed E-state index contributed by atoms with van der Waals surface area (Å²) in [6.45, 7) is 4.07. The molecule has 1 unspecified atom stereocenters. The minimum Gasteiger partial charge on any atom is -0.339 e. The molecule has 0 saturated heterocycles. The van der Waals surface area contributed by atoms with Crippen LogP contribution in [0.1, 0.15) is 18.4 Å². The van der Waals surface area contributed by atoms with Gasteiger partial charge in [0.05, 0.1) is 0 Å². The van der Waals surface area contributed by atoms with Crippen LogP contribution in [0.4, 0.5) is 0 Å². The van der Waals surface area contributed by atoms with E-state index < -0.39 is 0 Å². The van der Waals surface area contributed by atoms with Gasteiger partial charge in [0.1, 0.15) is 5.69 Å². The molecule has 1 atom stereocenters. The van der Waals surface area contributed by atoms with Gasteiger partial charge in [-0.2, -0.15) is 4.98 Å². The number of hydrogen-bond acceptors (Lipinski definition) is 5. The predicted molar refractivity (Wildman–Crippen MR) is 64.5 cm³/mol. The first-order chi connectivity index (χ1) is 8.19. The van der Waals surface area contributed by atoms with Gasteiger partial charge in [-0.15, -0.1) is 0 Å². The SMILES string of the molecule is CNC(C)Cc1nc(-c2cc(C)ccn2)no1. The molecular formula is C12H16N4O. The molecule has 0 spiro atoms. The van der Waals surface area contributed by atoms with Crippen LogP contribution >= 0.6 is 0 Å². The van der Waals surface area contributed by atoms with Gasteiger partial charge in [-0.05, 0) is 38.6 Å². The molecule has 0 aliphatic rings. The average molecular weight is 232 g/mol. The molecule has 90 valence electrons. The molecule has 0 radical (unpaired) electrons. The lowest BCUT2D eigenvalue weighted by molar-refractivity contribution is 0.365. The van der Waals surface area contributed by atoms with E-state index in [0.717, 1.165) is 17.7 Å². The summed E-state index contributed by atoms with van der Waals surface area (Å²) in [5.74, 6) is 1.18. The Hall–Kier alpha value is -1.75. The summed E-state index contributed by atoms with van der Waals surface area (Å²) in [5, 5.41) is 7.07. The lowest BCUT2D eigenvalue weighted by Crippen LogP contribution is -2.23. The average Bonchev–Trinajstić information content (AvgIpc) is 2.77. The highest BCUT2D eigenvalue weighted by Gasteiger charge is 2.11. The minimum absolute atomic E-state index is 0.314. The summed E-state index contributed by atoms with van der Waals surface area (Å²) in [6, 6.07) is 4.19. The Labute approximate surface area is 100 Å². The summed E-state index contributed by atoms with van der Waals surface area (Å²) < 4.78 is 5.19. The van der Waals surface area contributed by atoms with Crippen LogP contribution in [0.15, 0.2) is 22.9 Å². The maximum atomic E-state index is 5.19. The Morgan fingerprint density at radius 2 is 2.29 bits per heavy atom. The second kappa shape index (κ2) is 5.05. The molecule has 17 heavy (non-hydrogen) atoms. The van der Waals surface area contributed by atoms with Crippen molar-refractivity contribution in [2.75, 3.05) is 7.05 Å². The first-order valence-electron chi connectivity index (χ1n) is 5.62. The second-order valence-electron chi connectivity index (χ2n) is 4.12. The van der Waals surface area contributed by atoms with E-state index in [1.165, 1.54) is 0 Å². The highest BCUT2D eigenvalue weighted by atomic mass is 16.5. The maximum Gasteiger partial charge on any atom is 0.228 e. The van der Waals surface area contributed by atoms with Gasteiger partial charge in [0.25, 0.3) is 0 Å². The molecule has 1 N–H and O–H groups in total. The quantitative estimate of drug-likeness (QED) is 0.867. The van der Waals surface area contributed by atoms with Crippen LogP contribution < -0.4 is 5.32 Å². The zero-order valence-electron chi connectivity index (χ0n) is 10.3. The summed E-state index contributed by atoms with van der Waals surface area (Å²) >= 11 is 0. The molecule has 2 heterocycles. The van der Waals surface area contributed by atoms with Crippen molar-refractivity contribution in [3.8, 4) is 11.5 Å². The third kappa shape index (κ3) is 2.88. The number of hydrogen-bond donors (Lipinski definition) is 1. The van der Waals surface area contributed by atoms with Crippen LogP contribution in [0.25, 0.3) is 11.5 Å². The van der Waals surface area contributed by atoms with Crippen molar-refractivity contribution < 1.29 is 4.52 Å². The van der Waals surface area contributed by atoms with Crippen molar-refractivity contribution in [2.24, 2.45) is 0 Å². The maximum absolute atomic E-state index is 5.19. The van der Waals surface area contributed by atoms with Gasteiger partial charge in [0.15, 0.2) is 0 Å². The number of nitrogens with zero attached hydrogens (tertiary/aromatic N) is 3. The zero-order chi connectivity index (χ0) is 12.3. The van der Waals surface area contributed by atoms with E-state index in [1.807, 2.05) is 26.1 Å². The molecule has 0 aliphatic carbocycles. The van der Waals surface area contributed by atoms with Gasteiger partial charge in [0, 0.05) is 18.7 Å². The highest BCUT2D eigenvalue weighted by molar-refractivity contribution is 5.48. The Morgan fingerprint density at radius 3 is 3.00 bits per heavy atom. The van der Waals surface area contributed by atoms with E-state index in [9.17, 15) is 0 Å². The summed E-state index contributed by atoms with van der Waals surface area (Å²) in [4.78, 5) is 8.55. The summed E-state index contributed by atoms with van der Waals surface area (Å²) in [6.07, 6.45) is 2.46. The molecule has 5 nitrogen and oxygen atoms in total. The van der Waals surface area contributed by atoms with E-state index >= 15 is 0 Å². The molecule has 2 rings (SSSR count). The predicted octanol–water partition coefficient (Wildman–Crippen LogP) is 1.59. The van der Waals surface area contributed by atoms with Gasteiger partial charge in [-0.1, -0.05) is 5.16 Å². The van der Waals surface area contributed by atoms with E-state index in [1.54, 1.807) is 6.20 Å². The van der Waals surface area contributed by atoms with Crippen molar-refractivity contribution in [3.63, 3.8) is 0 Å². The fourth-order valence-corrected chi connectivity index (χ4v) is 1.46. The van der Waals surface area contributed by atoms with E-state index in [-0.39, 0.29) is 0 Å². The molecule has 2 aromatic heterocycles. The van der Waals surface area contributed by atoms with Crippen LogP contribution in [0, 0.1) is 6.92 Å². The van der Waals surface area contributed by atoms with E-state index in [0.29, 0.717) is 17.8 Å². The molecule has 0 aliphatic heterocycles. The van der Waals surface area contributed by atoms with Crippen LogP contribution in [0.3, 0.4) is 0 Å². The Balaban J connectivity index is 2.18.